The maximum Gasteiger partial charge on any atom is 0.123 e. The molecule has 1 N–H and O–H groups in total. The van der Waals surface area contributed by atoms with Crippen LogP contribution in [0.15, 0.2) is 22.7 Å². The molecule has 1 saturated heterocycles. The van der Waals surface area contributed by atoms with Crippen molar-refractivity contribution in [3.8, 4) is 5.75 Å². The van der Waals surface area contributed by atoms with Crippen molar-refractivity contribution in [3.05, 3.63) is 28.2 Å². The first-order valence-electron chi connectivity index (χ1n) is 6.90. The number of β-amino-alcohol motifs (C(OH)–C–C–N with tert-alkyl or cyclic N) is 1. The highest BCUT2D eigenvalue weighted by Crippen LogP contribution is 2.38. The van der Waals surface area contributed by atoms with E-state index >= 15 is 0 Å². The number of halogens is 1. The van der Waals surface area contributed by atoms with Crippen LogP contribution in [0.2, 0.25) is 0 Å². The van der Waals surface area contributed by atoms with Crippen LogP contribution in [0.4, 0.5) is 0 Å². The van der Waals surface area contributed by atoms with Gasteiger partial charge in [-0.3, -0.25) is 4.90 Å². The average Bonchev–Trinajstić information content (AvgIpc) is 2.86. The molecular weight excluding hydrogens is 322 g/mol. The minimum atomic E-state index is -0.446. The largest absolute Gasteiger partial charge is 0.496 e. The molecule has 1 aliphatic rings. The van der Waals surface area contributed by atoms with Gasteiger partial charge in [0.05, 0.1) is 19.8 Å². The van der Waals surface area contributed by atoms with Crippen LogP contribution in [0.1, 0.15) is 24.4 Å². The maximum absolute atomic E-state index is 9.95. The second-order valence-corrected chi connectivity index (χ2v) is 6.06. The topological polar surface area (TPSA) is 41.9 Å². The van der Waals surface area contributed by atoms with Gasteiger partial charge in [-0.1, -0.05) is 15.9 Å². The second kappa shape index (κ2) is 7.41. The van der Waals surface area contributed by atoms with Crippen LogP contribution in [0, 0.1) is 0 Å². The third-order valence-electron chi connectivity index (χ3n) is 3.72. The maximum atomic E-state index is 9.95. The lowest BCUT2D eigenvalue weighted by Crippen LogP contribution is -2.34. The van der Waals surface area contributed by atoms with Gasteiger partial charge in [-0.15, -0.1) is 0 Å². The molecule has 0 amide bonds. The van der Waals surface area contributed by atoms with E-state index in [0.717, 1.165) is 29.6 Å². The van der Waals surface area contributed by atoms with Crippen LogP contribution in [0.3, 0.4) is 0 Å². The summed E-state index contributed by atoms with van der Waals surface area (Å²) in [5.41, 5.74) is 1.18. The van der Waals surface area contributed by atoms with Crippen LogP contribution in [0.5, 0.6) is 5.75 Å². The zero-order valence-corrected chi connectivity index (χ0v) is 13.6. The first-order chi connectivity index (χ1) is 9.65. The summed E-state index contributed by atoms with van der Waals surface area (Å²) in [6.07, 6.45) is 1.78. The third-order valence-corrected chi connectivity index (χ3v) is 4.21. The smallest absolute Gasteiger partial charge is 0.123 e. The number of rotatable bonds is 6. The van der Waals surface area contributed by atoms with Crippen molar-refractivity contribution in [3.63, 3.8) is 0 Å². The normalized spacial score (nSPS) is 21.1. The summed E-state index contributed by atoms with van der Waals surface area (Å²) in [6, 6.07) is 6.39. The van der Waals surface area contributed by atoms with Gasteiger partial charge in [0.25, 0.3) is 0 Å². The van der Waals surface area contributed by atoms with E-state index in [-0.39, 0.29) is 0 Å². The van der Waals surface area contributed by atoms with E-state index in [2.05, 4.69) is 26.9 Å². The number of benzene rings is 1. The van der Waals surface area contributed by atoms with E-state index in [1.165, 1.54) is 5.56 Å². The standard InChI is InChI=1S/C15H22BrNO3/c1-19-10-12(18)9-17-7-3-4-14(17)13-8-11(16)5-6-15(13)20-2/h5-6,8,12,14,18H,3-4,7,9-10H2,1-2H3/t12-,14+/m0/s1. The molecule has 0 bridgehead atoms. The molecule has 5 heteroatoms. The fourth-order valence-electron chi connectivity index (χ4n) is 2.88. The van der Waals surface area contributed by atoms with Crippen molar-refractivity contribution in [2.24, 2.45) is 0 Å². The van der Waals surface area contributed by atoms with E-state index in [4.69, 9.17) is 9.47 Å². The van der Waals surface area contributed by atoms with Gasteiger partial charge >= 0.3 is 0 Å². The Morgan fingerprint density at radius 2 is 2.25 bits per heavy atom. The molecule has 0 spiro atoms. The Balaban J connectivity index is 2.16. The lowest BCUT2D eigenvalue weighted by atomic mass is 10.0. The van der Waals surface area contributed by atoms with Gasteiger partial charge in [-0.05, 0) is 37.6 Å². The third kappa shape index (κ3) is 3.73. The van der Waals surface area contributed by atoms with Crippen molar-refractivity contribution >= 4 is 15.9 Å². The number of aliphatic hydroxyl groups excluding tert-OH is 1. The fraction of sp³-hybridized carbons (Fsp3) is 0.600. The summed E-state index contributed by atoms with van der Waals surface area (Å²) in [4.78, 5) is 2.31. The van der Waals surface area contributed by atoms with Crippen LogP contribution in [-0.2, 0) is 4.74 Å². The van der Waals surface area contributed by atoms with Gasteiger partial charge in [0.1, 0.15) is 5.75 Å². The van der Waals surface area contributed by atoms with Crippen molar-refractivity contribution < 1.29 is 14.6 Å². The van der Waals surface area contributed by atoms with Gasteiger partial charge in [0.2, 0.25) is 0 Å². The monoisotopic (exact) mass is 343 g/mol. The Kier molecular flexibility index (Phi) is 5.84. The first-order valence-corrected chi connectivity index (χ1v) is 7.69. The second-order valence-electron chi connectivity index (χ2n) is 5.15. The number of nitrogens with zero attached hydrogens (tertiary/aromatic N) is 1. The Labute approximate surface area is 128 Å². The number of ether oxygens (including phenoxy) is 2. The predicted molar refractivity (Wildman–Crippen MR) is 82.1 cm³/mol. The highest BCUT2D eigenvalue weighted by molar-refractivity contribution is 9.10. The van der Waals surface area contributed by atoms with Gasteiger partial charge < -0.3 is 14.6 Å². The minimum Gasteiger partial charge on any atom is -0.496 e. The number of hydrogen-bond acceptors (Lipinski definition) is 4. The predicted octanol–water partition coefficient (Wildman–Crippen LogP) is 2.60. The molecule has 1 aliphatic heterocycles. The molecule has 20 heavy (non-hydrogen) atoms. The summed E-state index contributed by atoms with van der Waals surface area (Å²) in [5.74, 6) is 0.909. The van der Waals surface area contributed by atoms with E-state index in [1.807, 2.05) is 12.1 Å². The van der Waals surface area contributed by atoms with Crippen LogP contribution in [-0.4, -0.2) is 50.0 Å². The molecule has 0 aliphatic carbocycles. The first kappa shape index (κ1) is 15.8. The summed E-state index contributed by atoms with van der Waals surface area (Å²) in [7, 11) is 3.31. The molecule has 2 rings (SSSR count). The lowest BCUT2D eigenvalue weighted by molar-refractivity contribution is 0.0344. The van der Waals surface area contributed by atoms with Gasteiger partial charge in [-0.2, -0.15) is 0 Å². The molecule has 0 radical (unpaired) electrons. The van der Waals surface area contributed by atoms with Crippen LogP contribution in [0.25, 0.3) is 0 Å². The summed E-state index contributed by atoms with van der Waals surface area (Å²) < 4.78 is 11.5. The molecule has 112 valence electrons. The summed E-state index contributed by atoms with van der Waals surface area (Å²) >= 11 is 3.52. The molecule has 0 unspecified atom stereocenters. The zero-order valence-electron chi connectivity index (χ0n) is 12.0. The molecule has 0 saturated carbocycles. The highest BCUT2D eigenvalue weighted by Gasteiger charge is 2.29. The molecule has 1 heterocycles. The molecule has 1 aromatic carbocycles. The summed E-state index contributed by atoms with van der Waals surface area (Å²) in [5, 5.41) is 9.95. The highest BCUT2D eigenvalue weighted by atomic mass is 79.9. The number of hydrogen-bond donors (Lipinski definition) is 1. The zero-order chi connectivity index (χ0) is 14.5. The van der Waals surface area contributed by atoms with E-state index in [1.54, 1.807) is 14.2 Å². The Morgan fingerprint density at radius 3 is 2.95 bits per heavy atom. The fourth-order valence-corrected chi connectivity index (χ4v) is 3.26. The molecule has 1 fully saturated rings. The molecule has 1 aromatic rings. The van der Waals surface area contributed by atoms with Crippen LogP contribution >= 0.6 is 15.9 Å². The van der Waals surface area contributed by atoms with Gasteiger partial charge in [0, 0.05) is 29.7 Å². The Morgan fingerprint density at radius 1 is 1.45 bits per heavy atom. The van der Waals surface area contributed by atoms with E-state index < -0.39 is 6.10 Å². The molecular formula is C15H22BrNO3. The Bertz CT molecular complexity index is 441. The van der Waals surface area contributed by atoms with Crippen molar-refractivity contribution in [1.82, 2.24) is 4.90 Å². The van der Waals surface area contributed by atoms with Crippen molar-refractivity contribution in [2.75, 3.05) is 33.9 Å². The van der Waals surface area contributed by atoms with Gasteiger partial charge in [0.15, 0.2) is 0 Å². The molecule has 4 nitrogen and oxygen atoms in total. The number of methoxy groups -OCH3 is 2. The van der Waals surface area contributed by atoms with Crippen molar-refractivity contribution in [1.29, 1.82) is 0 Å². The van der Waals surface area contributed by atoms with Crippen LogP contribution < -0.4 is 4.74 Å². The average molecular weight is 344 g/mol. The Hall–Kier alpha value is -0.620. The van der Waals surface area contributed by atoms with Gasteiger partial charge in [-0.25, -0.2) is 0 Å². The SMILES string of the molecule is COC[C@@H](O)CN1CCC[C@@H]1c1cc(Br)ccc1OC. The van der Waals surface area contributed by atoms with Crippen molar-refractivity contribution in [2.45, 2.75) is 25.0 Å². The quantitative estimate of drug-likeness (QED) is 0.861. The minimum absolute atomic E-state index is 0.300. The molecule has 0 aromatic heterocycles. The van der Waals surface area contributed by atoms with E-state index in [0.29, 0.717) is 19.2 Å². The molecule has 2 atom stereocenters. The number of aliphatic hydroxyl groups is 1. The number of likely N-dealkylation sites (tertiary alicyclic amines) is 1. The van der Waals surface area contributed by atoms with E-state index in [9.17, 15) is 5.11 Å². The lowest BCUT2D eigenvalue weighted by Gasteiger charge is -2.28. The summed E-state index contributed by atoms with van der Waals surface area (Å²) in [6.45, 7) is 2.01.